The maximum atomic E-state index is 11.5. The number of nitrogens with zero attached hydrogens (tertiary/aromatic N) is 1. The van der Waals surface area contributed by atoms with Crippen molar-refractivity contribution in [1.29, 1.82) is 0 Å². The molecule has 0 spiro atoms. The minimum absolute atomic E-state index is 0.302. The fraction of sp³-hybridized carbons (Fsp3) is 0.0556. The van der Waals surface area contributed by atoms with E-state index in [1.54, 1.807) is 6.07 Å². The van der Waals surface area contributed by atoms with Crippen LogP contribution in [-0.2, 0) is 0 Å². The van der Waals surface area contributed by atoms with Gasteiger partial charge in [-0.3, -0.25) is 0 Å². The third-order valence-electron chi connectivity index (χ3n) is 3.70. The Balaban J connectivity index is 2.27. The summed E-state index contributed by atoms with van der Waals surface area (Å²) >= 11 is 0. The number of aromatic nitrogens is 1. The quantitative estimate of drug-likeness (QED) is 0.723. The Kier molecular flexibility index (Phi) is 3.43. The predicted octanol–water partition coefficient (Wildman–Crippen LogP) is 3.73. The Morgan fingerprint density at radius 2 is 1.68 bits per heavy atom. The lowest BCUT2D eigenvalue weighted by Gasteiger charge is -2.12. The normalized spacial score (nSPS) is 10.6. The maximum absolute atomic E-state index is 11.5. The number of carboxylic acids is 1. The van der Waals surface area contributed by atoms with E-state index < -0.39 is 5.97 Å². The number of hydrogen-bond donors (Lipinski definition) is 2. The predicted molar refractivity (Wildman–Crippen MR) is 87.3 cm³/mol. The molecule has 3 rings (SSSR count). The van der Waals surface area contributed by atoms with E-state index in [1.807, 2.05) is 66.1 Å². The van der Waals surface area contributed by atoms with Gasteiger partial charge in [-0.05, 0) is 42.8 Å². The molecule has 0 radical (unpaired) electrons. The monoisotopic (exact) mass is 292 g/mol. The van der Waals surface area contributed by atoms with Gasteiger partial charge in [0.2, 0.25) is 0 Å². The van der Waals surface area contributed by atoms with Crippen molar-refractivity contribution in [3.8, 4) is 16.9 Å². The molecule has 0 unspecified atom stereocenters. The van der Waals surface area contributed by atoms with Crippen molar-refractivity contribution in [3.63, 3.8) is 0 Å². The highest BCUT2D eigenvalue weighted by Crippen LogP contribution is 2.29. The number of aromatic carboxylic acids is 1. The van der Waals surface area contributed by atoms with Gasteiger partial charge in [0.05, 0.1) is 11.3 Å². The van der Waals surface area contributed by atoms with Gasteiger partial charge in [0.15, 0.2) is 0 Å². The van der Waals surface area contributed by atoms with Crippen LogP contribution in [0.3, 0.4) is 0 Å². The Hall–Kier alpha value is -3.01. The van der Waals surface area contributed by atoms with E-state index in [1.165, 1.54) is 0 Å². The van der Waals surface area contributed by atoms with Crippen LogP contribution in [0.25, 0.3) is 16.9 Å². The van der Waals surface area contributed by atoms with Crippen LogP contribution in [-0.4, -0.2) is 15.6 Å². The van der Waals surface area contributed by atoms with Crippen LogP contribution in [0.2, 0.25) is 0 Å². The van der Waals surface area contributed by atoms with Gasteiger partial charge in [-0.1, -0.05) is 30.3 Å². The number of benzene rings is 2. The summed E-state index contributed by atoms with van der Waals surface area (Å²) in [5.41, 5.74) is 10.1. The lowest BCUT2D eigenvalue weighted by Crippen LogP contribution is -2.02. The Bertz CT molecular complexity index is 818. The average molecular weight is 292 g/mol. The molecule has 1 aromatic heterocycles. The largest absolute Gasteiger partial charge is 0.478 e. The summed E-state index contributed by atoms with van der Waals surface area (Å²) in [5, 5.41) is 9.41. The van der Waals surface area contributed by atoms with Crippen LogP contribution in [0.15, 0.2) is 60.7 Å². The van der Waals surface area contributed by atoms with Crippen molar-refractivity contribution in [2.24, 2.45) is 0 Å². The van der Waals surface area contributed by atoms with Gasteiger partial charge >= 0.3 is 5.97 Å². The summed E-state index contributed by atoms with van der Waals surface area (Å²) in [6.45, 7) is 1.81. The zero-order chi connectivity index (χ0) is 15.7. The summed E-state index contributed by atoms with van der Waals surface area (Å²) in [7, 11) is 0. The zero-order valence-corrected chi connectivity index (χ0v) is 12.2. The second-order valence-corrected chi connectivity index (χ2v) is 5.13. The van der Waals surface area contributed by atoms with Gasteiger partial charge in [-0.15, -0.1) is 0 Å². The second-order valence-electron chi connectivity index (χ2n) is 5.13. The number of anilines is 1. The molecular formula is C18H16N2O2. The number of carbonyl (C=O) groups is 1. The number of carboxylic acid groups (broad SMARTS) is 1. The van der Waals surface area contributed by atoms with Gasteiger partial charge in [0, 0.05) is 17.1 Å². The van der Waals surface area contributed by atoms with E-state index in [0.29, 0.717) is 16.9 Å². The molecule has 110 valence electrons. The molecule has 0 aliphatic rings. The van der Waals surface area contributed by atoms with E-state index in [-0.39, 0.29) is 0 Å². The highest BCUT2D eigenvalue weighted by molar-refractivity contribution is 5.91. The average Bonchev–Trinajstić information content (AvgIpc) is 2.87. The van der Waals surface area contributed by atoms with Crippen LogP contribution in [0.1, 0.15) is 16.1 Å². The molecule has 1 heterocycles. The van der Waals surface area contributed by atoms with Gasteiger partial charge in [0.1, 0.15) is 0 Å². The first kappa shape index (κ1) is 13.9. The van der Waals surface area contributed by atoms with E-state index in [0.717, 1.165) is 16.9 Å². The molecule has 0 amide bonds. The van der Waals surface area contributed by atoms with Crippen molar-refractivity contribution < 1.29 is 9.90 Å². The zero-order valence-electron chi connectivity index (χ0n) is 12.2. The minimum Gasteiger partial charge on any atom is -0.478 e. The smallest absolute Gasteiger partial charge is 0.337 e. The molecule has 0 aliphatic carbocycles. The van der Waals surface area contributed by atoms with Crippen molar-refractivity contribution >= 4 is 11.7 Å². The topological polar surface area (TPSA) is 68.2 Å². The fourth-order valence-corrected chi connectivity index (χ4v) is 2.60. The van der Waals surface area contributed by atoms with Gasteiger partial charge < -0.3 is 15.4 Å². The summed E-state index contributed by atoms with van der Waals surface area (Å²) in [6.07, 6.45) is 0. The molecule has 2 aromatic carbocycles. The minimum atomic E-state index is -0.927. The maximum Gasteiger partial charge on any atom is 0.337 e. The highest BCUT2D eigenvalue weighted by Gasteiger charge is 2.18. The van der Waals surface area contributed by atoms with Crippen LogP contribution < -0.4 is 5.73 Å². The SMILES string of the molecule is Cc1c(C(=O)O)cc(-c2ccccc2)n1-c1ccc(N)cc1. The Labute approximate surface area is 128 Å². The molecule has 3 N–H and O–H groups in total. The van der Waals surface area contributed by atoms with Crippen molar-refractivity contribution in [2.75, 3.05) is 5.73 Å². The molecule has 0 saturated heterocycles. The number of hydrogen-bond acceptors (Lipinski definition) is 2. The van der Waals surface area contributed by atoms with Crippen LogP contribution in [0.5, 0.6) is 0 Å². The van der Waals surface area contributed by atoms with Crippen molar-refractivity contribution in [2.45, 2.75) is 6.92 Å². The number of nitrogens with two attached hydrogens (primary N) is 1. The fourth-order valence-electron chi connectivity index (χ4n) is 2.60. The number of rotatable bonds is 3. The Morgan fingerprint density at radius 1 is 1.05 bits per heavy atom. The highest BCUT2D eigenvalue weighted by atomic mass is 16.4. The third-order valence-corrected chi connectivity index (χ3v) is 3.70. The molecule has 4 heteroatoms. The van der Waals surface area contributed by atoms with Gasteiger partial charge in [0.25, 0.3) is 0 Å². The molecule has 0 saturated carbocycles. The van der Waals surface area contributed by atoms with Crippen LogP contribution in [0, 0.1) is 6.92 Å². The molecule has 0 aliphatic heterocycles. The summed E-state index contributed by atoms with van der Waals surface area (Å²) in [4.78, 5) is 11.5. The van der Waals surface area contributed by atoms with E-state index in [4.69, 9.17) is 5.73 Å². The lowest BCUT2D eigenvalue weighted by atomic mass is 10.1. The molecular weight excluding hydrogens is 276 g/mol. The van der Waals surface area contributed by atoms with E-state index in [2.05, 4.69) is 0 Å². The molecule has 3 aromatic rings. The molecule has 22 heavy (non-hydrogen) atoms. The first-order valence-corrected chi connectivity index (χ1v) is 6.95. The van der Waals surface area contributed by atoms with Crippen LogP contribution >= 0.6 is 0 Å². The Morgan fingerprint density at radius 3 is 2.27 bits per heavy atom. The standard InChI is InChI=1S/C18H16N2O2/c1-12-16(18(21)22)11-17(13-5-3-2-4-6-13)20(12)15-9-7-14(19)8-10-15/h2-11H,19H2,1H3,(H,21,22). The summed E-state index contributed by atoms with van der Waals surface area (Å²) in [6, 6.07) is 18.8. The molecule has 4 nitrogen and oxygen atoms in total. The first-order valence-electron chi connectivity index (χ1n) is 6.95. The summed E-state index contributed by atoms with van der Waals surface area (Å²) < 4.78 is 1.94. The van der Waals surface area contributed by atoms with Crippen LogP contribution in [0.4, 0.5) is 5.69 Å². The first-order chi connectivity index (χ1) is 10.6. The van der Waals surface area contributed by atoms with E-state index >= 15 is 0 Å². The summed E-state index contributed by atoms with van der Waals surface area (Å²) in [5.74, 6) is -0.927. The van der Waals surface area contributed by atoms with Crippen molar-refractivity contribution in [1.82, 2.24) is 4.57 Å². The third kappa shape index (κ3) is 2.35. The second kappa shape index (κ2) is 5.41. The van der Waals surface area contributed by atoms with Crippen molar-refractivity contribution in [3.05, 3.63) is 71.9 Å². The molecule has 0 atom stereocenters. The lowest BCUT2D eigenvalue weighted by molar-refractivity contribution is 0.0696. The van der Waals surface area contributed by atoms with Gasteiger partial charge in [-0.2, -0.15) is 0 Å². The molecule has 0 bridgehead atoms. The van der Waals surface area contributed by atoms with E-state index in [9.17, 15) is 9.90 Å². The molecule has 0 fully saturated rings. The number of nitrogen functional groups attached to an aromatic ring is 1. The van der Waals surface area contributed by atoms with Gasteiger partial charge in [-0.25, -0.2) is 4.79 Å².